The molecule has 0 spiro atoms. The Kier molecular flexibility index (Phi) is 5.67. The lowest BCUT2D eigenvalue weighted by molar-refractivity contribution is -0.142. The summed E-state index contributed by atoms with van der Waals surface area (Å²) in [5.74, 6) is -3.30. The van der Waals surface area contributed by atoms with Crippen molar-refractivity contribution in [3.05, 3.63) is 29.8 Å². The molecule has 0 heterocycles. The first-order chi connectivity index (χ1) is 9.79. The molecule has 8 nitrogen and oxygen atoms in total. The van der Waals surface area contributed by atoms with Crippen LogP contribution in [-0.4, -0.2) is 45.2 Å². The highest BCUT2D eigenvalue weighted by atomic mass is 16.4. The standard InChI is InChI=1S/C13H16N2O6/c14-9(12(18)19)6-11(17)15-10(13(20)21)5-7-1-3-8(16)4-2-7/h1-4,9-10,16H,5-6,14H2,(H,15,17)(H,18,19)(H,20,21)/t9-,10-/m0/s1. The first kappa shape index (κ1) is 16.4. The number of amides is 1. The van der Waals surface area contributed by atoms with Gasteiger partial charge in [-0.3, -0.25) is 9.59 Å². The van der Waals surface area contributed by atoms with Gasteiger partial charge in [-0.05, 0) is 17.7 Å². The first-order valence-electron chi connectivity index (χ1n) is 6.08. The van der Waals surface area contributed by atoms with E-state index in [2.05, 4.69) is 5.32 Å². The number of nitrogens with two attached hydrogens (primary N) is 1. The second-order valence-electron chi connectivity index (χ2n) is 4.48. The van der Waals surface area contributed by atoms with Gasteiger partial charge in [0.1, 0.15) is 17.8 Å². The largest absolute Gasteiger partial charge is 0.508 e. The average molecular weight is 296 g/mol. The maximum absolute atomic E-state index is 11.6. The predicted molar refractivity (Wildman–Crippen MR) is 71.6 cm³/mol. The molecule has 0 aliphatic heterocycles. The van der Waals surface area contributed by atoms with Gasteiger partial charge in [-0.2, -0.15) is 0 Å². The molecular weight excluding hydrogens is 280 g/mol. The van der Waals surface area contributed by atoms with Gasteiger partial charge in [-0.1, -0.05) is 12.1 Å². The van der Waals surface area contributed by atoms with E-state index >= 15 is 0 Å². The Morgan fingerprint density at radius 2 is 1.67 bits per heavy atom. The zero-order valence-electron chi connectivity index (χ0n) is 11.0. The Hall–Kier alpha value is -2.61. The smallest absolute Gasteiger partial charge is 0.326 e. The van der Waals surface area contributed by atoms with Gasteiger partial charge in [0.25, 0.3) is 0 Å². The van der Waals surface area contributed by atoms with Gasteiger partial charge in [0.05, 0.1) is 6.42 Å². The van der Waals surface area contributed by atoms with Gasteiger partial charge in [0.15, 0.2) is 0 Å². The van der Waals surface area contributed by atoms with Crippen LogP contribution in [0.25, 0.3) is 0 Å². The Balaban J connectivity index is 2.65. The van der Waals surface area contributed by atoms with E-state index in [1.807, 2.05) is 0 Å². The van der Waals surface area contributed by atoms with Crippen LogP contribution in [0.2, 0.25) is 0 Å². The highest BCUT2D eigenvalue weighted by Gasteiger charge is 2.23. The molecule has 1 amide bonds. The fourth-order valence-electron chi connectivity index (χ4n) is 1.61. The molecule has 21 heavy (non-hydrogen) atoms. The van der Waals surface area contributed by atoms with Crippen LogP contribution >= 0.6 is 0 Å². The lowest BCUT2D eigenvalue weighted by atomic mass is 10.1. The van der Waals surface area contributed by atoms with Crippen molar-refractivity contribution in [1.29, 1.82) is 0 Å². The summed E-state index contributed by atoms with van der Waals surface area (Å²) in [5.41, 5.74) is 5.80. The summed E-state index contributed by atoms with van der Waals surface area (Å²) in [5, 5.41) is 29.0. The van der Waals surface area contributed by atoms with Crippen LogP contribution in [0.3, 0.4) is 0 Å². The number of rotatable bonds is 7. The van der Waals surface area contributed by atoms with E-state index in [1.165, 1.54) is 24.3 Å². The van der Waals surface area contributed by atoms with Gasteiger partial charge < -0.3 is 26.4 Å². The fraction of sp³-hybridized carbons (Fsp3) is 0.308. The molecule has 8 heteroatoms. The molecule has 2 atom stereocenters. The van der Waals surface area contributed by atoms with E-state index in [0.717, 1.165) is 0 Å². The molecule has 0 aliphatic carbocycles. The van der Waals surface area contributed by atoms with Crippen molar-refractivity contribution in [3.63, 3.8) is 0 Å². The Bertz CT molecular complexity index is 528. The second kappa shape index (κ2) is 7.25. The summed E-state index contributed by atoms with van der Waals surface area (Å²) in [6.45, 7) is 0. The number of nitrogens with one attached hydrogen (secondary N) is 1. The molecule has 0 aromatic heterocycles. The highest BCUT2D eigenvalue weighted by Crippen LogP contribution is 2.11. The van der Waals surface area contributed by atoms with Gasteiger partial charge >= 0.3 is 11.9 Å². The van der Waals surface area contributed by atoms with E-state index < -0.39 is 36.4 Å². The average Bonchev–Trinajstić information content (AvgIpc) is 2.40. The van der Waals surface area contributed by atoms with Crippen molar-refractivity contribution in [1.82, 2.24) is 5.32 Å². The van der Waals surface area contributed by atoms with Gasteiger partial charge in [0, 0.05) is 6.42 Å². The minimum Gasteiger partial charge on any atom is -0.508 e. The monoisotopic (exact) mass is 296 g/mol. The van der Waals surface area contributed by atoms with Crippen LogP contribution < -0.4 is 11.1 Å². The number of aliphatic carboxylic acids is 2. The number of phenolic OH excluding ortho intramolecular Hbond substituents is 1. The first-order valence-corrected chi connectivity index (χ1v) is 6.08. The number of aromatic hydroxyl groups is 1. The van der Waals surface area contributed by atoms with Crippen LogP contribution in [0.5, 0.6) is 5.75 Å². The molecule has 0 aliphatic rings. The zero-order chi connectivity index (χ0) is 16.0. The van der Waals surface area contributed by atoms with Crippen molar-refractivity contribution in [2.45, 2.75) is 24.9 Å². The van der Waals surface area contributed by atoms with Gasteiger partial charge in [-0.15, -0.1) is 0 Å². The quantitative estimate of drug-likeness (QED) is 0.446. The molecule has 0 bridgehead atoms. The molecular formula is C13H16N2O6. The minimum absolute atomic E-state index is 0.00363. The third-order valence-corrected chi connectivity index (χ3v) is 2.73. The van der Waals surface area contributed by atoms with Crippen molar-refractivity contribution in [2.24, 2.45) is 5.73 Å². The van der Waals surface area contributed by atoms with E-state index in [4.69, 9.17) is 21.1 Å². The molecule has 1 rings (SSSR count). The number of carboxylic acid groups (broad SMARTS) is 2. The summed E-state index contributed by atoms with van der Waals surface area (Å²) >= 11 is 0. The van der Waals surface area contributed by atoms with Crippen LogP contribution in [0, 0.1) is 0 Å². The van der Waals surface area contributed by atoms with Crippen molar-refractivity contribution >= 4 is 17.8 Å². The fourth-order valence-corrected chi connectivity index (χ4v) is 1.61. The van der Waals surface area contributed by atoms with Crippen LogP contribution in [-0.2, 0) is 20.8 Å². The molecule has 0 radical (unpaired) electrons. The lowest BCUT2D eigenvalue weighted by Gasteiger charge is -2.15. The molecule has 0 unspecified atom stereocenters. The van der Waals surface area contributed by atoms with Gasteiger partial charge in [-0.25, -0.2) is 4.79 Å². The molecule has 6 N–H and O–H groups in total. The summed E-state index contributed by atoms with van der Waals surface area (Å²) in [6.07, 6.45) is -0.502. The molecule has 0 fully saturated rings. The summed E-state index contributed by atoms with van der Waals surface area (Å²) in [6, 6.07) is 3.27. The number of hydrogen-bond acceptors (Lipinski definition) is 5. The number of hydrogen-bond donors (Lipinski definition) is 5. The van der Waals surface area contributed by atoms with Gasteiger partial charge in [0.2, 0.25) is 5.91 Å². The summed E-state index contributed by atoms with van der Waals surface area (Å²) in [4.78, 5) is 33.2. The van der Waals surface area contributed by atoms with E-state index in [0.29, 0.717) is 5.56 Å². The Morgan fingerprint density at radius 1 is 1.10 bits per heavy atom. The molecule has 114 valence electrons. The second-order valence-corrected chi connectivity index (χ2v) is 4.48. The molecule has 0 saturated carbocycles. The topological polar surface area (TPSA) is 150 Å². The maximum Gasteiger partial charge on any atom is 0.326 e. The van der Waals surface area contributed by atoms with Crippen LogP contribution in [0.1, 0.15) is 12.0 Å². The van der Waals surface area contributed by atoms with E-state index in [-0.39, 0.29) is 12.2 Å². The zero-order valence-corrected chi connectivity index (χ0v) is 11.0. The van der Waals surface area contributed by atoms with Crippen LogP contribution in [0.15, 0.2) is 24.3 Å². The van der Waals surface area contributed by atoms with E-state index in [1.54, 1.807) is 0 Å². The van der Waals surface area contributed by atoms with Crippen molar-refractivity contribution in [2.75, 3.05) is 0 Å². The third-order valence-electron chi connectivity index (χ3n) is 2.73. The van der Waals surface area contributed by atoms with E-state index in [9.17, 15) is 14.4 Å². The Morgan fingerprint density at radius 3 is 2.14 bits per heavy atom. The maximum atomic E-state index is 11.6. The highest BCUT2D eigenvalue weighted by molar-refractivity contribution is 5.87. The minimum atomic E-state index is -1.38. The number of phenols is 1. The number of carbonyl (C=O) groups is 3. The molecule has 0 saturated heterocycles. The Labute approximate surface area is 120 Å². The normalized spacial score (nSPS) is 13.2. The third kappa shape index (κ3) is 5.49. The van der Waals surface area contributed by atoms with Crippen molar-refractivity contribution < 1.29 is 29.7 Å². The predicted octanol–water partition coefficient (Wildman–Crippen LogP) is -0.694. The molecule has 1 aromatic rings. The summed E-state index contributed by atoms with van der Waals surface area (Å²) in [7, 11) is 0. The number of benzene rings is 1. The summed E-state index contributed by atoms with van der Waals surface area (Å²) < 4.78 is 0. The van der Waals surface area contributed by atoms with Crippen LogP contribution in [0.4, 0.5) is 0 Å². The molecule has 1 aromatic carbocycles. The SMILES string of the molecule is N[C@@H](CC(=O)N[C@@H](Cc1ccc(O)cc1)C(=O)O)C(=O)O. The van der Waals surface area contributed by atoms with Crippen molar-refractivity contribution in [3.8, 4) is 5.75 Å². The number of carbonyl (C=O) groups excluding carboxylic acids is 1. The lowest BCUT2D eigenvalue weighted by Crippen LogP contribution is -2.45. The number of carboxylic acids is 2.